The van der Waals surface area contributed by atoms with Crippen molar-refractivity contribution in [2.75, 3.05) is 0 Å². The number of hydrogen-bond acceptors (Lipinski definition) is 2. The second kappa shape index (κ2) is 5.86. The van der Waals surface area contributed by atoms with Crippen LogP contribution in [-0.2, 0) is 9.22 Å². The van der Waals surface area contributed by atoms with Crippen LogP contribution in [0.1, 0.15) is 27.7 Å². The molecule has 0 atom stereocenters. The van der Waals surface area contributed by atoms with Gasteiger partial charge in [0.15, 0.2) is 0 Å². The maximum Gasteiger partial charge on any atom is 0.323 e. The minimum atomic E-state index is -2.66. The second-order valence-corrected chi connectivity index (χ2v) is 10.5. The first kappa shape index (κ1) is 15.5. The Balaban J connectivity index is 2.75. The zero-order valence-electron chi connectivity index (χ0n) is 13.1. The molecule has 0 saturated carbocycles. The Bertz CT molecular complexity index is 561. The molecule has 0 N–H and O–H groups in total. The van der Waals surface area contributed by atoms with Crippen molar-refractivity contribution < 1.29 is 9.22 Å². The van der Waals surface area contributed by atoms with E-state index in [1.54, 1.807) is 0 Å². The Morgan fingerprint density at radius 3 is 1.52 bits per heavy atom. The molecule has 0 amide bonds. The van der Waals surface area contributed by atoms with Gasteiger partial charge in [0.25, 0.3) is 5.97 Å². The number of hydrogen-bond donors (Lipinski definition) is 0. The molecule has 0 heterocycles. The predicted octanol–water partition coefficient (Wildman–Crippen LogP) is 3.11. The molecule has 3 heteroatoms. The lowest BCUT2D eigenvalue weighted by molar-refractivity contribution is -0.132. The van der Waals surface area contributed by atoms with Crippen LogP contribution in [0.15, 0.2) is 60.7 Å². The molecular formula is C18H22O2Si. The molecule has 0 aliphatic heterocycles. The van der Waals surface area contributed by atoms with Gasteiger partial charge < -0.3 is 4.43 Å². The van der Waals surface area contributed by atoms with Crippen LogP contribution >= 0.6 is 0 Å². The molecule has 110 valence electrons. The molecule has 0 aliphatic carbocycles. The maximum absolute atomic E-state index is 11.9. The maximum atomic E-state index is 11.9. The van der Waals surface area contributed by atoms with E-state index in [4.69, 9.17) is 4.43 Å². The standard InChI is InChI=1S/C18H22O2Si/c1-15(19)20-21(18(2,3)4,16-11-7-5-8-12-16)17-13-9-6-10-14-17/h5-14H,1-4H3. The summed E-state index contributed by atoms with van der Waals surface area (Å²) >= 11 is 0. The lowest BCUT2D eigenvalue weighted by Crippen LogP contribution is -2.67. The third kappa shape index (κ3) is 2.93. The van der Waals surface area contributed by atoms with Gasteiger partial charge in [0.05, 0.1) is 0 Å². The van der Waals surface area contributed by atoms with Crippen molar-refractivity contribution >= 4 is 24.7 Å². The predicted molar refractivity (Wildman–Crippen MR) is 89.4 cm³/mol. The zero-order chi connectivity index (χ0) is 15.5. The lowest BCUT2D eigenvalue weighted by Gasteiger charge is -2.41. The van der Waals surface area contributed by atoms with Crippen molar-refractivity contribution in [1.29, 1.82) is 0 Å². The normalized spacial score (nSPS) is 12.0. The Labute approximate surface area is 127 Å². The summed E-state index contributed by atoms with van der Waals surface area (Å²) in [6, 6.07) is 20.3. The quantitative estimate of drug-likeness (QED) is 0.814. The van der Waals surface area contributed by atoms with E-state index in [9.17, 15) is 4.79 Å². The van der Waals surface area contributed by atoms with Gasteiger partial charge in [-0.25, -0.2) is 0 Å². The van der Waals surface area contributed by atoms with Gasteiger partial charge in [-0.3, -0.25) is 4.79 Å². The fourth-order valence-corrected chi connectivity index (χ4v) is 7.23. The highest BCUT2D eigenvalue weighted by Gasteiger charge is 2.52. The van der Waals surface area contributed by atoms with Crippen LogP contribution in [0.2, 0.25) is 5.04 Å². The van der Waals surface area contributed by atoms with Gasteiger partial charge in [-0.15, -0.1) is 0 Å². The molecule has 0 aliphatic rings. The van der Waals surface area contributed by atoms with Crippen molar-refractivity contribution in [3.8, 4) is 0 Å². The third-order valence-electron chi connectivity index (χ3n) is 3.71. The van der Waals surface area contributed by atoms with Gasteiger partial charge in [0, 0.05) is 6.92 Å². The van der Waals surface area contributed by atoms with Crippen molar-refractivity contribution in [2.24, 2.45) is 0 Å². The highest BCUT2D eigenvalue weighted by Crippen LogP contribution is 2.36. The van der Waals surface area contributed by atoms with Crippen molar-refractivity contribution in [3.63, 3.8) is 0 Å². The van der Waals surface area contributed by atoms with E-state index in [1.807, 2.05) is 36.4 Å². The first-order chi connectivity index (χ1) is 9.88. The topological polar surface area (TPSA) is 26.3 Å². The van der Waals surface area contributed by atoms with E-state index in [2.05, 4.69) is 45.0 Å². The number of carbonyl (C=O) groups is 1. The zero-order valence-corrected chi connectivity index (χ0v) is 14.1. The van der Waals surface area contributed by atoms with Crippen molar-refractivity contribution in [1.82, 2.24) is 0 Å². The average Bonchev–Trinajstić information content (AvgIpc) is 2.45. The number of carbonyl (C=O) groups excluding carboxylic acids is 1. The minimum absolute atomic E-state index is 0.151. The van der Waals surface area contributed by atoms with Gasteiger partial charge in [-0.2, -0.15) is 0 Å². The fraction of sp³-hybridized carbons (Fsp3) is 0.278. The van der Waals surface area contributed by atoms with Crippen LogP contribution in [0, 0.1) is 0 Å². The average molecular weight is 298 g/mol. The molecule has 0 spiro atoms. The Hall–Kier alpha value is -1.87. The number of rotatable bonds is 3. The number of benzene rings is 2. The SMILES string of the molecule is CC(=O)O[Si](c1ccccc1)(c1ccccc1)C(C)(C)C. The molecule has 0 aromatic heterocycles. The molecule has 0 radical (unpaired) electrons. The molecule has 2 aromatic rings. The third-order valence-corrected chi connectivity index (χ3v) is 8.71. The van der Waals surface area contributed by atoms with Crippen LogP contribution in [0.5, 0.6) is 0 Å². The highest BCUT2D eigenvalue weighted by molar-refractivity contribution is 7.00. The monoisotopic (exact) mass is 298 g/mol. The summed E-state index contributed by atoms with van der Waals surface area (Å²) in [6.45, 7) is 7.96. The van der Waals surface area contributed by atoms with Crippen LogP contribution in [0.3, 0.4) is 0 Å². The van der Waals surface area contributed by atoms with Crippen molar-refractivity contribution in [2.45, 2.75) is 32.7 Å². The van der Waals surface area contributed by atoms with E-state index in [0.29, 0.717) is 0 Å². The Morgan fingerprint density at radius 1 is 0.857 bits per heavy atom. The molecule has 21 heavy (non-hydrogen) atoms. The minimum Gasteiger partial charge on any atom is -0.510 e. The largest absolute Gasteiger partial charge is 0.510 e. The van der Waals surface area contributed by atoms with Gasteiger partial charge in [-0.1, -0.05) is 81.4 Å². The van der Waals surface area contributed by atoms with Crippen LogP contribution in [-0.4, -0.2) is 14.3 Å². The summed E-state index contributed by atoms with van der Waals surface area (Å²) in [6.07, 6.45) is 0. The summed E-state index contributed by atoms with van der Waals surface area (Å²) in [4.78, 5) is 11.9. The molecule has 0 unspecified atom stereocenters. The molecule has 0 fully saturated rings. The van der Waals surface area contributed by atoms with Gasteiger partial charge in [0.1, 0.15) is 0 Å². The summed E-state index contributed by atoms with van der Waals surface area (Å²) in [5, 5.41) is 2.10. The Kier molecular flexibility index (Phi) is 4.33. The summed E-state index contributed by atoms with van der Waals surface area (Å²) in [5.74, 6) is -0.218. The molecule has 0 saturated heterocycles. The fourth-order valence-electron chi connectivity index (χ4n) is 2.86. The molecular weight excluding hydrogens is 276 g/mol. The van der Waals surface area contributed by atoms with E-state index in [-0.39, 0.29) is 11.0 Å². The van der Waals surface area contributed by atoms with Crippen LogP contribution < -0.4 is 10.4 Å². The molecule has 2 rings (SSSR count). The lowest BCUT2D eigenvalue weighted by atomic mass is 10.2. The first-order valence-corrected chi connectivity index (χ1v) is 9.09. The van der Waals surface area contributed by atoms with Gasteiger partial charge in [0.2, 0.25) is 0 Å². The van der Waals surface area contributed by atoms with Crippen LogP contribution in [0.4, 0.5) is 0 Å². The summed E-state index contributed by atoms with van der Waals surface area (Å²) in [7, 11) is -2.66. The molecule has 2 nitrogen and oxygen atoms in total. The van der Waals surface area contributed by atoms with Crippen molar-refractivity contribution in [3.05, 3.63) is 60.7 Å². The smallest absolute Gasteiger partial charge is 0.323 e. The summed E-state index contributed by atoms with van der Waals surface area (Å²) in [5.41, 5.74) is 0. The molecule has 0 bridgehead atoms. The Morgan fingerprint density at radius 2 is 1.24 bits per heavy atom. The van der Waals surface area contributed by atoms with E-state index in [0.717, 1.165) is 10.4 Å². The highest BCUT2D eigenvalue weighted by atomic mass is 28.4. The van der Waals surface area contributed by atoms with Gasteiger partial charge >= 0.3 is 8.32 Å². The summed E-state index contributed by atoms with van der Waals surface area (Å²) < 4.78 is 6.07. The van der Waals surface area contributed by atoms with Gasteiger partial charge in [-0.05, 0) is 15.4 Å². The van der Waals surface area contributed by atoms with E-state index >= 15 is 0 Å². The molecule has 2 aromatic carbocycles. The van der Waals surface area contributed by atoms with Crippen LogP contribution in [0.25, 0.3) is 0 Å². The van der Waals surface area contributed by atoms with E-state index < -0.39 is 8.32 Å². The first-order valence-electron chi connectivity index (χ1n) is 7.18. The second-order valence-electron chi connectivity index (χ2n) is 6.26. The van der Waals surface area contributed by atoms with E-state index in [1.165, 1.54) is 6.92 Å².